The highest BCUT2D eigenvalue weighted by Crippen LogP contribution is 2.13. The number of amides is 2. The van der Waals surface area contributed by atoms with Crippen molar-refractivity contribution in [1.82, 2.24) is 5.32 Å². The number of alkyl carbamates (subject to hydrolysis) is 1. The van der Waals surface area contributed by atoms with E-state index in [1.165, 1.54) is 0 Å². The van der Waals surface area contributed by atoms with Crippen LogP contribution in [0.2, 0.25) is 0 Å². The Bertz CT molecular complexity index is 363. The Balaban J connectivity index is 4.59. The van der Waals surface area contributed by atoms with Crippen LogP contribution in [0.4, 0.5) is 9.59 Å². The lowest BCUT2D eigenvalue weighted by molar-refractivity contribution is 0.0456. The van der Waals surface area contributed by atoms with Crippen LogP contribution in [0.25, 0.3) is 0 Å². The van der Waals surface area contributed by atoms with Gasteiger partial charge in [0.25, 0.3) is 0 Å². The zero-order chi connectivity index (χ0) is 16.5. The van der Waals surface area contributed by atoms with Crippen molar-refractivity contribution in [1.29, 1.82) is 0 Å². The van der Waals surface area contributed by atoms with E-state index >= 15 is 0 Å². The zero-order valence-electron chi connectivity index (χ0n) is 13.1. The normalized spacial score (nSPS) is 14.5. The smallest absolute Gasteiger partial charge is 0.407 e. The van der Waals surface area contributed by atoms with Crippen LogP contribution in [-0.4, -0.2) is 42.1 Å². The molecule has 0 bridgehead atoms. The monoisotopic (exact) mass is 302 g/mol. The van der Waals surface area contributed by atoms with E-state index in [4.69, 9.17) is 10.5 Å². The molecule has 0 aliphatic carbocycles. The summed E-state index contributed by atoms with van der Waals surface area (Å²) in [6, 6.07) is -0.535. The standard InChI is InChI=1S/C14H26N2O5/c1-5-6-10(7-8-20-12(15)18)11(9-17)16-13(19)21-14(2,3)4/h5-6,10-11,17H,7-9H2,1-4H3,(H2,15,18)(H,16,19). The van der Waals surface area contributed by atoms with Gasteiger partial charge in [-0.3, -0.25) is 0 Å². The Morgan fingerprint density at radius 3 is 2.43 bits per heavy atom. The molecule has 0 aromatic carbocycles. The number of hydrogen-bond acceptors (Lipinski definition) is 5. The molecule has 4 N–H and O–H groups in total. The molecule has 0 spiro atoms. The largest absolute Gasteiger partial charge is 0.450 e. The topological polar surface area (TPSA) is 111 Å². The van der Waals surface area contributed by atoms with Crippen LogP contribution in [-0.2, 0) is 9.47 Å². The Kier molecular flexibility index (Phi) is 8.45. The molecule has 0 aliphatic heterocycles. The zero-order valence-corrected chi connectivity index (χ0v) is 13.1. The fraction of sp³-hybridized carbons (Fsp3) is 0.714. The number of nitrogens with one attached hydrogen (secondary N) is 1. The Hall–Kier alpha value is -1.76. The maximum absolute atomic E-state index is 11.7. The molecule has 7 heteroatoms. The fourth-order valence-electron chi connectivity index (χ4n) is 1.72. The van der Waals surface area contributed by atoms with Gasteiger partial charge in [0.15, 0.2) is 0 Å². The molecule has 2 unspecified atom stereocenters. The third-order valence-electron chi connectivity index (χ3n) is 2.55. The summed E-state index contributed by atoms with van der Waals surface area (Å²) in [7, 11) is 0. The van der Waals surface area contributed by atoms with Gasteiger partial charge in [-0.05, 0) is 34.1 Å². The second-order valence-corrected chi connectivity index (χ2v) is 5.58. The molecule has 0 fully saturated rings. The Morgan fingerprint density at radius 2 is 2.00 bits per heavy atom. The molecule has 2 amide bonds. The quantitative estimate of drug-likeness (QED) is 0.618. The second-order valence-electron chi connectivity index (χ2n) is 5.58. The minimum atomic E-state index is -0.852. The molecule has 0 aromatic heterocycles. The minimum absolute atomic E-state index is 0.108. The van der Waals surface area contributed by atoms with E-state index in [2.05, 4.69) is 10.1 Å². The maximum Gasteiger partial charge on any atom is 0.407 e. The number of aliphatic hydroxyl groups is 1. The molecule has 122 valence electrons. The van der Waals surface area contributed by atoms with Crippen molar-refractivity contribution in [2.45, 2.75) is 45.8 Å². The Morgan fingerprint density at radius 1 is 1.38 bits per heavy atom. The summed E-state index contributed by atoms with van der Waals surface area (Å²) in [6.07, 6.45) is 2.59. The first-order chi connectivity index (χ1) is 9.69. The van der Waals surface area contributed by atoms with Gasteiger partial charge in [0, 0.05) is 5.92 Å². The molecule has 0 radical (unpaired) electrons. The number of hydrogen-bond donors (Lipinski definition) is 3. The molecule has 0 rings (SSSR count). The van der Waals surface area contributed by atoms with Gasteiger partial charge in [0.2, 0.25) is 0 Å². The molecule has 0 aromatic rings. The molecule has 0 heterocycles. The van der Waals surface area contributed by atoms with Gasteiger partial charge in [0.05, 0.1) is 19.3 Å². The Labute approximate surface area is 125 Å². The summed E-state index contributed by atoms with van der Waals surface area (Å²) in [4.78, 5) is 22.3. The average molecular weight is 302 g/mol. The summed E-state index contributed by atoms with van der Waals surface area (Å²) < 4.78 is 9.83. The first-order valence-electron chi connectivity index (χ1n) is 6.85. The third kappa shape index (κ3) is 9.73. The van der Waals surface area contributed by atoms with Crippen molar-refractivity contribution >= 4 is 12.2 Å². The SMILES string of the molecule is CC=CC(CCOC(N)=O)C(CO)NC(=O)OC(C)(C)C. The van der Waals surface area contributed by atoms with Crippen LogP contribution in [0, 0.1) is 5.92 Å². The third-order valence-corrected chi connectivity index (χ3v) is 2.55. The van der Waals surface area contributed by atoms with E-state index < -0.39 is 23.8 Å². The number of carbonyl (C=O) groups excluding carboxylic acids is 2. The molecule has 0 saturated heterocycles. The van der Waals surface area contributed by atoms with Crippen LogP contribution < -0.4 is 11.1 Å². The van der Waals surface area contributed by atoms with Crippen LogP contribution >= 0.6 is 0 Å². The van der Waals surface area contributed by atoms with E-state index in [0.717, 1.165) is 0 Å². The van der Waals surface area contributed by atoms with Crippen molar-refractivity contribution in [3.8, 4) is 0 Å². The van der Waals surface area contributed by atoms with Crippen LogP contribution in [0.5, 0.6) is 0 Å². The van der Waals surface area contributed by atoms with Crippen molar-refractivity contribution < 1.29 is 24.2 Å². The number of aliphatic hydroxyl groups excluding tert-OH is 1. The van der Waals surface area contributed by atoms with E-state index in [0.29, 0.717) is 6.42 Å². The van der Waals surface area contributed by atoms with E-state index in [9.17, 15) is 14.7 Å². The van der Waals surface area contributed by atoms with Gasteiger partial charge < -0.3 is 25.6 Å². The highest BCUT2D eigenvalue weighted by molar-refractivity contribution is 5.68. The summed E-state index contributed by atoms with van der Waals surface area (Å²) in [5, 5.41) is 12.1. The van der Waals surface area contributed by atoms with Gasteiger partial charge >= 0.3 is 12.2 Å². The maximum atomic E-state index is 11.7. The van der Waals surface area contributed by atoms with E-state index in [1.54, 1.807) is 26.8 Å². The molecule has 21 heavy (non-hydrogen) atoms. The van der Waals surface area contributed by atoms with Gasteiger partial charge in [-0.1, -0.05) is 12.2 Å². The summed E-state index contributed by atoms with van der Waals surface area (Å²) in [6.45, 7) is 6.94. The average Bonchev–Trinajstić information content (AvgIpc) is 2.32. The lowest BCUT2D eigenvalue weighted by Gasteiger charge is -2.26. The first-order valence-corrected chi connectivity index (χ1v) is 6.85. The van der Waals surface area contributed by atoms with Crippen molar-refractivity contribution in [2.24, 2.45) is 11.7 Å². The van der Waals surface area contributed by atoms with Gasteiger partial charge in [-0.2, -0.15) is 0 Å². The molecule has 0 saturated carbocycles. The van der Waals surface area contributed by atoms with Gasteiger partial charge in [0.1, 0.15) is 5.60 Å². The molecular weight excluding hydrogens is 276 g/mol. The number of rotatable bonds is 7. The summed E-state index contributed by atoms with van der Waals surface area (Å²) in [5.74, 6) is -0.202. The lowest BCUT2D eigenvalue weighted by Crippen LogP contribution is -2.45. The van der Waals surface area contributed by atoms with E-state index in [-0.39, 0.29) is 19.1 Å². The van der Waals surface area contributed by atoms with Crippen molar-refractivity contribution in [2.75, 3.05) is 13.2 Å². The number of primary amides is 1. The van der Waals surface area contributed by atoms with Crippen molar-refractivity contribution in [3.63, 3.8) is 0 Å². The van der Waals surface area contributed by atoms with Crippen LogP contribution in [0.3, 0.4) is 0 Å². The molecule has 7 nitrogen and oxygen atoms in total. The summed E-state index contributed by atoms with van der Waals surface area (Å²) in [5.41, 5.74) is 4.28. The number of nitrogens with two attached hydrogens (primary N) is 1. The van der Waals surface area contributed by atoms with Gasteiger partial charge in [-0.15, -0.1) is 0 Å². The predicted octanol–water partition coefficient (Wildman–Crippen LogP) is 1.55. The number of carbonyl (C=O) groups is 2. The number of allylic oxidation sites excluding steroid dienone is 1. The fourth-order valence-corrected chi connectivity index (χ4v) is 1.72. The molecule has 0 aliphatic rings. The van der Waals surface area contributed by atoms with Crippen LogP contribution in [0.15, 0.2) is 12.2 Å². The number of ether oxygens (including phenoxy) is 2. The minimum Gasteiger partial charge on any atom is -0.450 e. The lowest BCUT2D eigenvalue weighted by atomic mass is 9.96. The highest BCUT2D eigenvalue weighted by Gasteiger charge is 2.24. The molecular formula is C14H26N2O5. The molecule has 2 atom stereocenters. The predicted molar refractivity (Wildman–Crippen MR) is 78.7 cm³/mol. The second kappa shape index (κ2) is 9.23. The highest BCUT2D eigenvalue weighted by atomic mass is 16.6. The van der Waals surface area contributed by atoms with Crippen LogP contribution in [0.1, 0.15) is 34.1 Å². The first kappa shape index (κ1) is 19.2. The summed E-state index contributed by atoms with van der Waals surface area (Å²) >= 11 is 0. The van der Waals surface area contributed by atoms with Gasteiger partial charge in [-0.25, -0.2) is 9.59 Å². The van der Waals surface area contributed by atoms with E-state index in [1.807, 2.05) is 13.0 Å². The van der Waals surface area contributed by atoms with Crippen molar-refractivity contribution in [3.05, 3.63) is 12.2 Å².